The lowest BCUT2D eigenvalue weighted by Gasteiger charge is -2.23. The molecular formula is C17H24N6. The first-order valence-corrected chi connectivity index (χ1v) is 8.30. The molecule has 1 fully saturated rings. The molecule has 0 bridgehead atoms. The monoisotopic (exact) mass is 312 g/mol. The number of aromatic nitrogens is 4. The molecule has 0 radical (unpaired) electrons. The fraction of sp³-hybridized carbons (Fsp3) is 0.529. The molecule has 0 unspecified atom stereocenters. The lowest BCUT2D eigenvalue weighted by atomic mass is 10.3. The van der Waals surface area contributed by atoms with Crippen LogP contribution in [0.5, 0.6) is 0 Å². The van der Waals surface area contributed by atoms with Crippen molar-refractivity contribution in [1.82, 2.24) is 20.2 Å². The molecule has 23 heavy (non-hydrogen) atoms. The summed E-state index contributed by atoms with van der Waals surface area (Å²) in [5, 5.41) is 8.49. The first-order valence-electron chi connectivity index (χ1n) is 8.30. The van der Waals surface area contributed by atoms with Gasteiger partial charge in [-0.2, -0.15) is 5.10 Å². The van der Waals surface area contributed by atoms with Crippen LogP contribution < -0.4 is 9.80 Å². The maximum Gasteiger partial charge on any atom is 0.151 e. The fourth-order valence-electron chi connectivity index (χ4n) is 2.87. The summed E-state index contributed by atoms with van der Waals surface area (Å²) in [5.41, 5.74) is 1.99. The van der Waals surface area contributed by atoms with Gasteiger partial charge < -0.3 is 9.80 Å². The van der Waals surface area contributed by atoms with Crippen molar-refractivity contribution in [2.45, 2.75) is 33.6 Å². The first kappa shape index (κ1) is 15.6. The summed E-state index contributed by atoms with van der Waals surface area (Å²) in [6.45, 7) is 9.98. The van der Waals surface area contributed by atoms with Crippen LogP contribution in [0.25, 0.3) is 0 Å². The van der Waals surface area contributed by atoms with Crippen LogP contribution in [0.15, 0.2) is 18.2 Å². The minimum Gasteiger partial charge on any atom is -0.355 e. The van der Waals surface area contributed by atoms with Crippen molar-refractivity contribution >= 4 is 11.6 Å². The average Bonchev–Trinajstić information content (AvgIpc) is 2.81. The van der Waals surface area contributed by atoms with Gasteiger partial charge in [0.2, 0.25) is 0 Å². The van der Waals surface area contributed by atoms with Crippen molar-refractivity contribution in [3.63, 3.8) is 0 Å². The second kappa shape index (κ2) is 6.89. The van der Waals surface area contributed by atoms with Gasteiger partial charge in [-0.15, -0.1) is 5.10 Å². The highest BCUT2D eigenvalue weighted by Gasteiger charge is 2.18. The van der Waals surface area contributed by atoms with E-state index in [0.29, 0.717) is 0 Å². The molecule has 0 aliphatic carbocycles. The standard InChI is InChI=1S/C17H24N6/c1-4-15-18-14(3)12-17(19-15)23-9-5-8-22(10-11-23)16-7-6-13(2)20-21-16/h6-7,12H,4-5,8-11H2,1-3H3. The molecule has 122 valence electrons. The molecular weight excluding hydrogens is 288 g/mol. The normalized spacial score (nSPS) is 15.6. The van der Waals surface area contributed by atoms with Gasteiger partial charge in [0, 0.05) is 44.4 Å². The Morgan fingerprint density at radius 3 is 2.26 bits per heavy atom. The summed E-state index contributed by atoms with van der Waals surface area (Å²) < 4.78 is 0. The Balaban J connectivity index is 1.73. The fourth-order valence-corrected chi connectivity index (χ4v) is 2.87. The van der Waals surface area contributed by atoms with Crippen molar-refractivity contribution in [3.05, 3.63) is 35.4 Å². The summed E-state index contributed by atoms with van der Waals surface area (Å²) >= 11 is 0. The van der Waals surface area contributed by atoms with Gasteiger partial charge in [0.1, 0.15) is 11.6 Å². The molecule has 6 nitrogen and oxygen atoms in total. The quantitative estimate of drug-likeness (QED) is 0.865. The van der Waals surface area contributed by atoms with Crippen molar-refractivity contribution in [2.75, 3.05) is 36.0 Å². The van der Waals surface area contributed by atoms with Crippen molar-refractivity contribution in [1.29, 1.82) is 0 Å². The highest BCUT2D eigenvalue weighted by atomic mass is 15.3. The zero-order chi connectivity index (χ0) is 16.2. The molecule has 0 N–H and O–H groups in total. The molecule has 0 aromatic carbocycles. The SMILES string of the molecule is CCc1nc(C)cc(N2CCCN(c3ccc(C)nn3)CC2)n1. The Morgan fingerprint density at radius 1 is 0.870 bits per heavy atom. The van der Waals surface area contributed by atoms with Gasteiger partial charge in [-0.25, -0.2) is 9.97 Å². The Labute approximate surface area is 137 Å². The van der Waals surface area contributed by atoms with Crippen molar-refractivity contribution in [2.24, 2.45) is 0 Å². The largest absolute Gasteiger partial charge is 0.355 e. The second-order valence-electron chi connectivity index (χ2n) is 6.00. The molecule has 0 saturated carbocycles. The van der Waals surface area contributed by atoms with Gasteiger partial charge in [0.15, 0.2) is 5.82 Å². The summed E-state index contributed by atoms with van der Waals surface area (Å²) in [6.07, 6.45) is 1.95. The van der Waals surface area contributed by atoms with E-state index in [0.717, 1.165) is 67.9 Å². The first-order chi connectivity index (χ1) is 11.2. The number of hydrogen-bond acceptors (Lipinski definition) is 6. The third kappa shape index (κ3) is 3.75. The summed E-state index contributed by atoms with van der Waals surface area (Å²) in [5.74, 6) is 2.93. The number of nitrogens with zero attached hydrogens (tertiary/aromatic N) is 6. The van der Waals surface area contributed by atoms with Crippen molar-refractivity contribution in [3.8, 4) is 0 Å². The summed E-state index contributed by atoms with van der Waals surface area (Å²) in [7, 11) is 0. The van der Waals surface area contributed by atoms with Crippen molar-refractivity contribution < 1.29 is 0 Å². The lowest BCUT2D eigenvalue weighted by molar-refractivity contribution is 0.780. The van der Waals surface area contributed by atoms with Crippen LogP contribution in [-0.4, -0.2) is 46.3 Å². The van der Waals surface area contributed by atoms with Crippen LogP contribution in [0, 0.1) is 13.8 Å². The van der Waals surface area contributed by atoms with Crippen LogP contribution in [0.3, 0.4) is 0 Å². The van der Waals surface area contributed by atoms with E-state index in [9.17, 15) is 0 Å². The van der Waals surface area contributed by atoms with Gasteiger partial charge in [0.05, 0.1) is 5.69 Å². The summed E-state index contributed by atoms with van der Waals surface area (Å²) in [4.78, 5) is 13.8. The van der Waals surface area contributed by atoms with E-state index >= 15 is 0 Å². The molecule has 1 saturated heterocycles. The van der Waals surface area contributed by atoms with Crippen LogP contribution in [0.4, 0.5) is 11.6 Å². The molecule has 2 aromatic rings. The van der Waals surface area contributed by atoms with Crippen LogP contribution in [0.2, 0.25) is 0 Å². The van der Waals surface area contributed by atoms with Gasteiger partial charge in [-0.3, -0.25) is 0 Å². The number of rotatable bonds is 3. The predicted molar refractivity (Wildman–Crippen MR) is 92.0 cm³/mol. The molecule has 0 spiro atoms. The molecule has 6 heteroatoms. The average molecular weight is 312 g/mol. The van der Waals surface area contributed by atoms with E-state index in [1.807, 2.05) is 19.9 Å². The minimum atomic E-state index is 0.869. The number of anilines is 2. The highest BCUT2D eigenvalue weighted by molar-refractivity contribution is 5.43. The summed E-state index contributed by atoms with van der Waals surface area (Å²) in [6, 6.07) is 6.16. The predicted octanol–water partition coefficient (Wildman–Crippen LogP) is 2.16. The maximum atomic E-state index is 4.70. The van der Waals surface area contributed by atoms with Crippen LogP contribution in [0.1, 0.15) is 30.6 Å². The molecule has 3 heterocycles. The maximum absolute atomic E-state index is 4.70. The van der Waals surface area contributed by atoms with E-state index < -0.39 is 0 Å². The van der Waals surface area contributed by atoms with Crippen LogP contribution >= 0.6 is 0 Å². The molecule has 1 aliphatic rings. The Kier molecular flexibility index (Phi) is 4.69. The molecule has 0 atom stereocenters. The zero-order valence-corrected chi connectivity index (χ0v) is 14.2. The zero-order valence-electron chi connectivity index (χ0n) is 14.2. The third-order valence-corrected chi connectivity index (χ3v) is 4.13. The Morgan fingerprint density at radius 2 is 1.61 bits per heavy atom. The Bertz CT molecular complexity index is 655. The second-order valence-corrected chi connectivity index (χ2v) is 6.00. The van der Waals surface area contributed by atoms with E-state index in [1.54, 1.807) is 0 Å². The van der Waals surface area contributed by atoms with Gasteiger partial charge >= 0.3 is 0 Å². The minimum absolute atomic E-state index is 0.869. The van der Waals surface area contributed by atoms with E-state index in [4.69, 9.17) is 4.98 Å². The van der Waals surface area contributed by atoms with E-state index in [-0.39, 0.29) is 0 Å². The van der Waals surface area contributed by atoms with E-state index in [2.05, 4.69) is 44.0 Å². The molecule has 1 aliphatic heterocycles. The highest BCUT2D eigenvalue weighted by Crippen LogP contribution is 2.18. The van der Waals surface area contributed by atoms with Gasteiger partial charge in [-0.05, 0) is 32.4 Å². The van der Waals surface area contributed by atoms with Gasteiger partial charge in [0.25, 0.3) is 0 Å². The molecule has 3 rings (SSSR count). The van der Waals surface area contributed by atoms with Gasteiger partial charge in [-0.1, -0.05) is 6.92 Å². The Hall–Kier alpha value is -2.24. The molecule has 0 amide bonds. The third-order valence-electron chi connectivity index (χ3n) is 4.13. The lowest BCUT2D eigenvalue weighted by Crippen LogP contribution is -2.32. The molecule has 2 aromatic heterocycles. The topological polar surface area (TPSA) is 58.0 Å². The number of aryl methyl sites for hydroxylation is 3. The van der Waals surface area contributed by atoms with Crippen LogP contribution in [-0.2, 0) is 6.42 Å². The van der Waals surface area contributed by atoms with E-state index in [1.165, 1.54) is 0 Å². The smallest absolute Gasteiger partial charge is 0.151 e. The number of hydrogen-bond donors (Lipinski definition) is 0.